The fourth-order valence-corrected chi connectivity index (χ4v) is 1.90. The molecule has 0 saturated heterocycles. The average Bonchev–Trinajstić information content (AvgIpc) is 2.27. The van der Waals surface area contributed by atoms with Crippen LogP contribution in [-0.4, -0.2) is 19.1 Å². The number of hydrogen-bond donors (Lipinski definition) is 0. The van der Waals surface area contributed by atoms with Crippen LogP contribution < -0.4 is 4.90 Å². The zero-order valence-electron chi connectivity index (χ0n) is 10.4. The molecular weight excluding hydrogens is 196 g/mol. The van der Waals surface area contributed by atoms with E-state index in [4.69, 9.17) is 0 Å². The second-order valence-corrected chi connectivity index (χ2v) is 4.66. The zero-order chi connectivity index (χ0) is 11.7. The molecule has 1 heterocycles. The van der Waals surface area contributed by atoms with Crippen LogP contribution in [0.25, 0.3) is 10.8 Å². The van der Waals surface area contributed by atoms with Gasteiger partial charge >= 0.3 is 0 Å². The predicted molar refractivity (Wildman–Crippen MR) is 70.2 cm³/mol. The second kappa shape index (κ2) is 4.12. The molecule has 2 aromatic rings. The average molecular weight is 214 g/mol. The minimum absolute atomic E-state index is 0.570. The van der Waals surface area contributed by atoms with Gasteiger partial charge in [0, 0.05) is 25.7 Å². The van der Waals surface area contributed by atoms with Gasteiger partial charge in [-0.15, -0.1) is 0 Å². The molecule has 0 aliphatic rings. The number of hydrogen-bond acceptors (Lipinski definition) is 2. The molecule has 0 spiro atoms. The highest BCUT2D eigenvalue weighted by atomic mass is 15.1. The number of anilines is 1. The van der Waals surface area contributed by atoms with Crippen LogP contribution in [0.15, 0.2) is 30.5 Å². The van der Waals surface area contributed by atoms with Gasteiger partial charge in [0.1, 0.15) is 5.82 Å². The van der Waals surface area contributed by atoms with Gasteiger partial charge in [-0.3, -0.25) is 0 Å². The Labute approximate surface area is 96.9 Å². The highest BCUT2D eigenvalue weighted by molar-refractivity contribution is 5.92. The van der Waals surface area contributed by atoms with E-state index in [1.54, 1.807) is 0 Å². The van der Waals surface area contributed by atoms with Gasteiger partial charge in [-0.1, -0.05) is 32.0 Å². The van der Waals surface area contributed by atoms with Crippen LogP contribution in [0.4, 0.5) is 5.82 Å². The Hall–Kier alpha value is -1.57. The van der Waals surface area contributed by atoms with E-state index >= 15 is 0 Å². The summed E-state index contributed by atoms with van der Waals surface area (Å²) < 4.78 is 0. The van der Waals surface area contributed by atoms with Crippen LogP contribution in [0.1, 0.15) is 25.3 Å². The molecule has 0 saturated carbocycles. The molecule has 0 fully saturated rings. The van der Waals surface area contributed by atoms with Crippen LogP contribution in [0.3, 0.4) is 0 Å². The van der Waals surface area contributed by atoms with Crippen LogP contribution in [0, 0.1) is 0 Å². The molecule has 2 nitrogen and oxygen atoms in total. The Balaban J connectivity index is 2.64. The van der Waals surface area contributed by atoms with Gasteiger partial charge in [0.25, 0.3) is 0 Å². The molecule has 0 aliphatic carbocycles. The van der Waals surface area contributed by atoms with E-state index in [1.165, 1.54) is 16.3 Å². The first-order valence-electron chi connectivity index (χ1n) is 5.65. The van der Waals surface area contributed by atoms with Gasteiger partial charge < -0.3 is 4.90 Å². The van der Waals surface area contributed by atoms with E-state index in [0.717, 1.165) is 5.82 Å². The summed E-state index contributed by atoms with van der Waals surface area (Å²) in [6, 6.07) is 8.71. The first kappa shape index (κ1) is 10.9. The Bertz CT molecular complexity index is 501. The predicted octanol–water partition coefficient (Wildman–Crippen LogP) is 3.42. The van der Waals surface area contributed by atoms with Crippen molar-refractivity contribution in [3.63, 3.8) is 0 Å². The summed E-state index contributed by atoms with van der Waals surface area (Å²) in [4.78, 5) is 6.46. The van der Waals surface area contributed by atoms with E-state index in [2.05, 4.69) is 48.0 Å². The summed E-state index contributed by atoms with van der Waals surface area (Å²) in [6.07, 6.45) is 1.88. The Morgan fingerprint density at radius 2 is 1.88 bits per heavy atom. The molecule has 2 heteroatoms. The van der Waals surface area contributed by atoms with E-state index in [9.17, 15) is 0 Å². The molecule has 16 heavy (non-hydrogen) atoms. The Morgan fingerprint density at radius 1 is 1.12 bits per heavy atom. The van der Waals surface area contributed by atoms with Crippen LogP contribution in [0.5, 0.6) is 0 Å². The Morgan fingerprint density at radius 3 is 2.50 bits per heavy atom. The fraction of sp³-hybridized carbons (Fsp3) is 0.357. The SMILES string of the molecule is CC(C)c1ccc2c(N(C)C)nccc2c1. The van der Waals surface area contributed by atoms with Crippen molar-refractivity contribution in [2.75, 3.05) is 19.0 Å². The maximum Gasteiger partial charge on any atom is 0.135 e. The number of benzene rings is 1. The molecule has 2 rings (SSSR count). The standard InChI is InChI=1S/C14H18N2/c1-10(2)11-5-6-13-12(9-11)7-8-15-14(13)16(3)4/h5-10H,1-4H3. The normalized spacial score (nSPS) is 11.1. The molecule has 1 aromatic carbocycles. The van der Waals surface area contributed by atoms with Crippen molar-refractivity contribution in [2.24, 2.45) is 0 Å². The lowest BCUT2D eigenvalue weighted by atomic mass is 10.00. The third-order valence-electron chi connectivity index (χ3n) is 2.86. The smallest absolute Gasteiger partial charge is 0.135 e. The minimum Gasteiger partial charge on any atom is -0.362 e. The van der Waals surface area contributed by atoms with Crippen LogP contribution in [0.2, 0.25) is 0 Å². The van der Waals surface area contributed by atoms with Crippen molar-refractivity contribution in [1.82, 2.24) is 4.98 Å². The van der Waals surface area contributed by atoms with Gasteiger partial charge in [0.2, 0.25) is 0 Å². The molecule has 0 amide bonds. The topological polar surface area (TPSA) is 16.1 Å². The van der Waals surface area contributed by atoms with E-state index < -0.39 is 0 Å². The third kappa shape index (κ3) is 1.87. The molecular formula is C14H18N2. The van der Waals surface area contributed by atoms with Crippen molar-refractivity contribution in [2.45, 2.75) is 19.8 Å². The highest BCUT2D eigenvalue weighted by Gasteiger charge is 2.06. The number of fused-ring (bicyclic) bond motifs is 1. The summed E-state index contributed by atoms with van der Waals surface area (Å²) in [5.41, 5.74) is 1.38. The molecule has 0 unspecified atom stereocenters. The van der Waals surface area contributed by atoms with Crippen molar-refractivity contribution < 1.29 is 0 Å². The molecule has 0 radical (unpaired) electrons. The summed E-state index contributed by atoms with van der Waals surface area (Å²) in [5, 5.41) is 2.49. The van der Waals surface area contributed by atoms with Crippen molar-refractivity contribution in [3.8, 4) is 0 Å². The van der Waals surface area contributed by atoms with E-state index in [1.807, 2.05) is 20.3 Å². The minimum atomic E-state index is 0.570. The quantitative estimate of drug-likeness (QED) is 0.761. The lowest BCUT2D eigenvalue weighted by Gasteiger charge is -2.15. The number of pyridine rings is 1. The van der Waals surface area contributed by atoms with Gasteiger partial charge in [0.15, 0.2) is 0 Å². The largest absolute Gasteiger partial charge is 0.362 e. The van der Waals surface area contributed by atoms with Crippen LogP contribution >= 0.6 is 0 Å². The molecule has 0 bridgehead atoms. The summed E-state index contributed by atoms with van der Waals surface area (Å²) in [7, 11) is 4.05. The lowest BCUT2D eigenvalue weighted by molar-refractivity contribution is 0.868. The van der Waals surface area contributed by atoms with Crippen LogP contribution in [-0.2, 0) is 0 Å². The lowest BCUT2D eigenvalue weighted by Crippen LogP contribution is -2.10. The summed E-state index contributed by atoms with van der Waals surface area (Å²) in [5.74, 6) is 1.60. The molecule has 0 atom stereocenters. The molecule has 0 N–H and O–H groups in total. The monoisotopic (exact) mass is 214 g/mol. The number of rotatable bonds is 2. The number of aromatic nitrogens is 1. The third-order valence-corrected chi connectivity index (χ3v) is 2.86. The highest BCUT2D eigenvalue weighted by Crippen LogP contribution is 2.26. The molecule has 84 valence electrons. The van der Waals surface area contributed by atoms with Gasteiger partial charge in [-0.05, 0) is 22.9 Å². The molecule has 0 aliphatic heterocycles. The summed E-state index contributed by atoms with van der Waals surface area (Å²) in [6.45, 7) is 4.43. The second-order valence-electron chi connectivity index (χ2n) is 4.66. The first-order chi connectivity index (χ1) is 7.59. The summed E-state index contributed by atoms with van der Waals surface area (Å²) >= 11 is 0. The van der Waals surface area contributed by atoms with E-state index in [-0.39, 0.29) is 0 Å². The van der Waals surface area contributed by atoms with Crippen molar-refractivity contribution in [3.05, 3.63) is 36.0 Å². The van der Waals surface area contributed by atoms with Crippen molar-refractivity contribution >= 4 is 16.6 Å². The first-order valence-corrected chi connectivity index (χ1v) is 5.65. The van der Waals surface area contributed by atoms with Gasteiger partial charge in [0.05, 0.1) is 0 Å². The van der Waals surface area contributed by atoms with Crippen molar-refractivity contribution in [1.29, 1.82) is 0 Å². The van der Waals surface area contributed by atoms with E-state index in [0.29, 0.717) is 5.92 Å². The Kier molecular flexibility index (Phi) is 2.82. The van der Waals surface area contributed by atoms with Gasteiger partial charge in [-0.2, -0.15) is 0 Å². The molecule has 1 aromatic heterocycles. The maximum absolute atomic E-state index is 4.41. The fourth-order valence-electron chi connectivity index (χ4n) is 1.90. The van der Waals surface area contributed by atoms with Gasteiger partial charge in [-0.25, -0.2) is 4.98 Å². The zero-order valence-corrected chi connectivity index (χ0v) is 10.4. The number of nitrogens with zero attached hydrogens (tertiary/aromatic N) is 2. The maximum atomic E-state index is 4.41.